The molecule has 12 heavy (non-hydrogen) atoms. The van der Waals surface area contributed by atoms with Gasteiger partial charge in [-0.2, -0.15) is 11.3 Å². The minimum Gasteiger partial charge on any atom is -0.390 e. The number of hydrogen-bond donors (Lipinski definition) is 2. The summed E-state index contributed by atoms with van der Waals surface area (Å²) in [5.41, 5.74) is 5.58. The molecule has 1 heterocycles. The summed E-state index contributed by atoms with van der Waals surface area (Å²) in [6, 6.07) is 0.118. The maximum atomic E-state index is 12.7. The molecule has 1 atom stereocenters. The van der Waals surface area contributed by atoms with Crippen molar-refractivity contribution in [3.63, 3.8) is 0 Å². The largest absolute Gasteiger partial charge is 0.390 e. The van der Waals surface area contributed by atoms with Gasteiger partial charge in [0.05, 0.1) is 6.04 Å². The minimum atomic E-state index is -3.24. The maximum Gasteiger partial charge on any atom is 0.289 e. The smallest absolute Gasteiger partial charge is 0.289 e. The molecule has 3 N–H and O–H groups in total. The Hall–Kier alpha value is -0.520. The number of halogens is 2. The fraction of sp³-hybridized carbons (Fsp3) is 0.429. The van der Waals surface area contributed by atoms with Crippen molar-refractivity contribution < 1.29 is 13.9 Å². The Balaban J connectivity index is 2.78. The SMILES string of the molecule is N[C@@H](c1ccsc1)C(F)(F)CO. The molecule has 0 unspecified atom stereocenters. The molecule has 0 aromatic carbocycles. The van der Waals surface area contributed by atoms with Crippen LogP contribution in [0.25, 0.3) is 0 Å². The molecule has 0 saturated heterocycles. The summed E-state index contributed by atoms with van der Waals surface area (Å²) < 4.78 is 25.5. The molecule has 0 bridgehead atoms. The van der Waals surface area contributed by atoms with Gasteiger partial charge in [0, 0.05) is 0 Å². The summed E-state index contributed by atoms with van der Waals surface area (Å²) in [6.45, 7) is -1.22. The predicted octanol–water partition coefficient (Wildman–Crippen LogP) is 1.38. The molecule has 0 spiro atoms. The van der Waals surface area contributed by atoms with Crippen LogP contribution in [-0.2, 0) is 0 Å². The van der Waals surface area contributed by atoms with E-state index in [-0.39, 0.29) is 0 Å². The van der Waals surface area contributed by atoms with E-state index >= 15 is 0 Å². The molecule has 0 fully saturated rings. The van der Waals surface area contributed by atoms with E-state index < -0.39 is 18.6 Å². The Morgan fingerprint density at radius 3 is 2.75 bits per heavy atom. The fourth-order valence-electron chi connectivity index (χ4n) is 0.794. The first-order valence-corrected chi connectivity index (χ1v) is 4.28. The van der Waals surface area contributed by atoms with Crippen molar-refractivity contribution in [1.29, 1.82) is 0 Å². The summed E-state index contributed by atoms with van der Waals surface area (Å²) in [4.78, 5) is 0. The van der Waals surface area contributed by atoms with E-state index in [0.717, 1.165) is 0 Å². The van der Waals surface area contributed by atoms with Gasteiger partial charge >= 0.3 is 0 Å². The van der Waals surface area contributed by atoms with Gasteiger partial charge in [-0.15, -0.1) is 0 Å². The van der Waals surface area contributed by atoms with Crippen molar-refractivity contribution in [2.75, 3.05) is 6.61 Å². The highest BCUT2D eigenvalue weighted by Gasteiger charge is 2.37. The zero-order valence-electron chi connectivity index (χ0n) is 6.21. The van der Waals surface area contributed by atoms with E-state index in [1.807, 2.05) is 0 Å². The Bertz CT molecular complexity index is 238. The molecule has 0 aliphatic rings. The van der Waals surface area contributed by atoms with Crippen molar-refractivity contribution in [1.82, 2.24) is 0 Å². The van der Waals surface area contributed by atoms with Crippen LogP contribution < -0.4 is 5.73 Å². The number of thiophene rings is 1. The molecule has 0 radical (unpaired) electrons. The second kappa shape index (κ2) is 3.47. The molecule has 1 rings (SSSR count). The van der Waals surface area contributed by atoms with Gasteiger partial charge in [0.15, 0.2) is 0 Å². The highest BCUT2D eigenvalue weighted by molar-refractivity contribution is 7.07. The minimum absolute atomic E-state index is 0.360. The van der Waals surface area contributed by atoms with E-state index in [1.54, 1.807) is 10.8 Å². The van der Waals surface area contributed by atoms with Crippen LogP contribution >= 0.6 is 11.3 Å². The monoisotopic (exact) mass is 193 g/mol. The van der Waals surface area contributed by atoms with Gasteiger partial charge in [0.25, 0.3) is 5.92 Å². The molecule has 0 amide bonds. The molecule has 1 aromatic heterocycles. The summed E-state index contributed by atoms with van der Waals surface area (Å²) in [7, 11) is 0. The Morgan fingerprint density at radius 2 is 2.33 bits per heavy atom. The van der Waals surface area contributed by atoms with E-state index in [2.05, 4.69) is 0 Å². The average molecular weight is 193 g/mol. The van der Waals surface area contributed by atoms with E-state index in [9.17, 15) is 8.78 Å². The highest BCUT2D eigenvalue weighted by Crippen LogP contribution is 2.29. The summed E-state index contributed by atoms with van der Waals surface area (Å²) >= 11 is 1.30. The fourth-order valence-corrected chi connectivity index (χ4v) is 1.49. The lowest BCUT2D eigenvalue weighted by molar-refractivity contribution is -0.0710. The first-order chi connectivity index (χ1) is 5.58. The Labute approximate surface area is 72.6 Å². The molecule has 0 aliphatic heterocycles. The topological polar surface area (TPSA) is 46.2 Å². The van der Waals surface area contributed by atoms with Gasteiger partial charge in [0.2, 0.25) is 0 Å². The van der Waals surface area contributed by atoms with Crippen LogP contribution in [0.15, 0.2) is 16.8 Å². The zero-order chi connectivity index (χ0) is 9.19. The number of rotatable bonds is 3. The van der Waals surface area contributed by atoms with Crippen LogP contribution in [0, 0.1) is 0 Å². The van der Waals surface area contributed by atoms with Crippen LogP contribution in [0.3, 0.4) is 0 Å². The van der Waals surface area contributed by atoms with Crippen molar-refractivity contribution in [2.45, 2.75) is 12.0 Å². The molecular formula is C7H9F2NOS. The van der Waals surface area contributed by atoms with Crippen LogP contribution in [0.4, 0.5) is 8.78 Å². The lowest BCUT2D eigenvalue weighted by Gasteiger charge is -2.20. The van der Waals surface area contributed by atoms with Gasteiger partial charge in [0.1, 0.15) is 6.61 Å². The van der Waals surface area contributed by atoms with Crippen LogP contribution in [0.2, 0.25) is 0 Å². The second-order valence-corrected chi connectivity index (χ2v) is 3.23. The quantitative estimate of drug-likeness (QED) is 0.761. The lowest BCUT2D eigenvalue weighted by atomic mass is 10.1. The van der Waals surface area contributed by atoms with Gasteiger partial charge in [-0.1, -0.05) is 0 Å². The Kier molecular flexibility index (Phi) is 2.76. The van der Waals surface area contributed by atoms with Gasteiger partial charge in [-0.25, -0.2) is 8.78 Å². The third kappa shape index (κ3) is 1.80. The zero-order valence-corrected chi connectivity index (χ0v) is 7.02. The van der Waals surface area contributed by atoms with Crippen LogP contribution in [0.5, 0.6) is 0 Å². The second-order valence-electron chi connectivity index (χ2n) is 2.45. The predicted molar refractivity (Wildman–Crippen MR) is 43.3 cm³/mol. The molecule has 0 saturated carbocycles. The number of aliphatic hydroxyl groups is 1. The normalized spacial score (nSPS) is 14.7. The van der Waals surface area contributed by atoms with Crippen molar-refractivity contribution in [3.8, 4) is 0 Å². The number of hydrogen-bond acceptors (Lipinski definition) is 3. The van der Waals surface area contributed by atoms with Crippen molar-refractivity contribution in [2.24, 2.45) is 5.73 Å². The van der Waals surface area contributed by atoms with Crippen molar-refractivity contribution in [3.05, 3.63) is 22.4 Å². The molecule has 5 heteroatoms. The van der Waals surface area contributed by atoms with Crippen molar-refractivity contribution >= 4 is 11.3 Å². The number of nitrogens with two attached hydrogens (primary N) is 1. The van der Waals surface area contributed by atoms with E-state index in [1.165, 1.54) is 17.4 Å². The van der Waals surface area contributed by atoms with Gasteiger partial charge in [-0.05, 0) is 22.4 Å². The number of alkyl halides is 2. The first-order valence-electron chi connectivity index (χ1n) is 3.34. The van der Waals surface area contributed by atoms with Crippen LogP contribution in [0.1, 0.15) is 11.6 Å². The third-order valence-electron chi connectivity index (χ3n) is 1.57. The highest BCUT2D eigenvalue weighted by atomic mass is 32.1. The molecule has 0 aliphatic carbocycles. The lowest BCUT2D eigenvalue weighted by Crippen LogP contribution is -2.35. The summed E-state index contributed by atoms with van der Waals surface area (Å²) in [5.74, 6) is -3.24. The Morgan fingerprint density at radius 1 is 1.67 bits per heavy atom. The standard InChI is InChI=1S/C7H9F2NOS/c8-7(9,4-11)6(10)5-1-2-12-3-5/h1-3,6,11H,4,10H2/t6-/m0/s1. The van der Waals surface area contributed by atoms with Crippen LogP contribution in [-0.4, -0.2) is 17.6 Å². The van der Waals surface area contributed by atoms with Gasteiger partial charge < -0.3 is 10.8 Å². The number of aliphatic hydroxyl groups excluding tert-OH is 1. The molecule has 2 nitrogen and oxygen atoms in total. The maximum absolute atomic E-state index is 12.7. The molecule has 68 valence electrons. The first kappa shape index (κ1) is 9.57. The molecule has 1 aromatic rings. The van der Waals surface area contributed by atoms with E-state index in [0.29, 0.717) is 5.56 Å². The summed E-state index contributed by atoms with van der Waals surface area (Å²) in [6.07, 6.45) is 0. The molecular weight excluding hydrogens is 184 g/mol. The summed E-state index contributed by atoms with van der Waals surface area (Å²) in [5, 5.41) is 11.6. The van der Waals surface area contributed by atoms with E-state index in [4.69, 9.17) is 10.8 Å². The third-order valence-corrected chi connectivity index (χ3v) is 2.27. The van der Waals surface area contributed by atoms with Gasteiger partial charge in [-0.3, -0.25) is 0 Å². The average Bonchev–Trinajstić information content (AvgIpc) is 2.55.